The van der Waals surface area contributed by atoms with E-state index < -0.39 is 0 Å². The molecule has 1 aromatic heterocycles. The third kappa shape index (κ3) is 2.26. The van der Waals surface area contributed by atoms with Crippen LogP contribution in [0, 0.1) is 0 Å². The highest BCUT2D eigenvalue weighted by Crippen LogP contribution is 2.22. The molecule has 0 unspecified atom stereocenters. The van der Waals surface area contributed by atoms with Crippen LogP contribution in [-0.4, -0.2) is 21.6 Å². The Kier molecular flexibility index (Phi) is 3.64. The van der Waals surface area contributed by atoms with E-state index in [9.17, 15) is 4.79 Å². The van der Waals surface area contributed by atoms with Crippen LogP contribution in [0.3, 0.4) is 0 Å². The highest BCUT2D eigenvalue weighted by atomic mass is 32.2. The van der Waals surface area contributed by atoms with Gasteiger partial charge in [0.15, 0.2) is 5.82 Å². The Morgan fingerprint density at radius 2 is 2.18 bits per heavy atom. The fourth-order valence-electron chi connectivity index (χ4n) is 1.73. The Morgan fingerprint density at radius 1 is 1.41 bits per heavy atom. The smallest absolute Gasteiger partial charge is 0.229 e. The third-order valence-electron chi connectivity index (χ3n) is 2.61. The van der Waals surface area contributed by atoms with E-state index in [-0.39, 0.29) is 5.78 Å². The molecule has 0 aliphatic carbocycles. The normalized spacial score (nSPS) is 10.5. The number of thioether (sulfide) groups is 1. The number of carbonyl (C=O) groups is 1. The summed E-state index contributed by atoms with van der Waals surface area (Å²) in [6, 6.07) is 7.63. The summed E-state index contributed by atoms with van der Waals surface area (Å²) in [6.07, 6.45) is 5.46. The van der Waals surface area contributed by atoms with E-state index in [1.807, 2.05) is 48.2 Å². The first-order chi connectivity index (χ1) is 8.27. The largest absolute Gasteiger partial charge is 0.328 e. The van der Waals surface area contributed by atoms with Gasteiger partial charge in [-0.3, -0.25) is 4.79 Å². The van der Waals surface area contributed by atoms with Gasteiger partial charge in [0.25, 0.3) is 0 Å². The van der Waals surface area contributed by atoms with Crippen LogP contribution in [0.1, 0.15) is 23.1 Å². The number of hydrogen-bond acceptors (Lipinski definition) is 3. The standard InChI is InChI=1S/C13H14N2OS/c1-3-15-9-8-14-13(15)12(16)10-6-4-5-7-11(10)17-2/h4-9H,3H2,1-2H3. The topological polar surface area (TPSA) is 34.9 Å². The summed E-state index contributed by atoms with van der Waals surface area (Å²) in [6.45, 7) is 2.75. The van der Waals surface area contributed by atoms with Gasteiger partial charge < -0.3 is 4.57 Å². The molecule has 1 heterocycles. The maximum atomic E-state index is 12.4. The molecule has 0 saturated heterocycles. The average Bonchev–Trinajstić information content (AvgIpc) is 2.86. The molecule has 0 aliphatic rings. The van der Waals surface area contributed by atoms with Crippen LogP contribution in [0.5, 0.6) is 0 Å². The van der Waals surface area contributed by atoms with Gasteiger partial charge >= 0.3 is 0 Å². The minimum absolute atomic E-state index is 0.0122. The first kappa shape index (κ1) is 11.9. The predicted octanol–water partition coefficient (Wildman–Crippen LogP) is 2.86. The molecule has 0 saturated carbocycles. The molecular weight excluding hydrogens is 232 g/mol. The second-order valence-corrected chi connectivity index (χ2v) is 4.41. The van der Waals surface area contributed by atoms with Crippen molar-refractivity contribution in [3.05, 3.63) is 48.0 Å². The zero-order valence-electron chi connectivity index (χ0n) is 9.88. The number of imidazole rings is 1. The number of ketones is 1. The van der Waals surface area contributed by atoms with Crippen LogP contribution < -0.4 is 0 Å². The molecule has 2 aromatic rings. The van der Waals surface area contributed by atoms with E-state index >= 15 is 0 Å². The van der Waals surface area contributed by atoms with Crippen molar-refractivity contribution in [2.24, 2.45) is 0 Å². The summed E-state index contributed by atoms with van der Waals surface area (Å²) in [5, 5.41) is 0. The van der Waals surface area contributed by atoms with Crippen LogP contribution in [-0.2, 0) is 6.54 Å². The van der Waals surface area contributed by atoms with Gasteiger partial charge in [0.2, 0.25) is 5.78 Å². The highest BCUT2D eigenvalue weighted by Gasteiger charge is 2.17. The second-order valence-electron chi connectivity index (χ2n) is 3.57. The Bertz CT molecular complexity index is 534. The van der Waals surface area contributed by atoms with Gasteiger partial charge in [-0.1, -0.05) is 12.1 Å². The lowest BCUT2D eigenvalue weighted by molar-refractivity contribution is 0.102. The molecule has 0 spiro atoms. The SMILES string of the molecule is CCn1ccnc1C(=O)c1ccccc1SC. The molecule has 88 valence electrons. The summed E-state index contributed by atoms with van der Waals surface area (Å²) in [7, 11) is 0. The maximum Gasteiger partial charge on any atom is 0.229 e. The van der Waals surface area contributed by atoms with Gasteiger partial charge in [0.1, 0.15) is 0 Å². The van der Waals surface area contributed by atoms with Crippen molar-refractivity contribution in [3.8, 4) is 0 Å². The fourth-order valence-corrected chi connectivity index (χ4v) is 2.32. The van der Waals surface area contributed by atoms with Crippen LogP contribution in [0.25, 0.3) is 0 Å². The molecule has 2 rings (SSSR count). The number of rotatable bonds is 4. The van der Waals surface area contributed by atoms with Crippen LogP contribution >= 0.6 is 11.8 Å². The number of benzene rings is 1. The molecule has 1 aromatic carbocycles. The van der Waals surface area contributed by atoms with E-state index in [0.29, 0.717) is 5.82 Å². The fraction of sp³-hybridized carbons (Fsp3) is 0.231. The molecule has 3 nitrogen and oxygen atoms in total. The van der Waals surface area contributed by atoms with E-state index in [1.165, 1.54) is 0 Å². The monoisotopic (exact) mass is 246 g/mol. The van der Waals surface area contributed by atoms with Crippen molar-refractivity contribution in [2.75, 3.05) is 6.26 Å². The predicted molar refractivity (Wildman–Crippen MR) is 69.6 cm³/mol. The quantitative estimate of drug-likeness (QED) is 0.614. The van der Waals surface area contributed by atoms with E-state index in [2.05, 4.69) is 4.98 Å². The first-order valence-corrected chi connectivity index (χ1v) is 6.69. The van der Waals surface area contributed by atoms with Gasteiger partial charge in [-0.15, -0.1) is 11.8 Å². The molecule has 0 N–H and O–H groups in total. The van der Waals surface area contributed by atoms with Gasteiger partial charge in [-0.25, -0.2) is 4.98 Å². The van der Waals surface area contributed by atoms with Crippen LogP contribution in [0.2, 0.25) is 0 Å². The van der Waals surface area contributed by atoms with Crippen molar-refractivity contribution in [3.63, 3.8) is 0 Å². The minimum Gasteiger partial charge on any atom is -0.328 e. The molecule has 0 fully saturated rings. The summed E-state index contributed by atoms with van der Waals surface area (Å²) in [4.78, 5) is 17.5. The molecule has 0 aliphatic heterocycles. The summed E-state index contributed by atoms with van der Waals surface area (Å²) >= 11 is 1.58. The minimum atomic E-state index is -0.0122. The van der Waals surface area contributed by atoms with Crippen molar-refractivity contribution >= 4 is 17.5 Å². The molecule has 0 amide bonds. The van der Waals surface area contributed by atoms with Crippen LogP contribution in [0.4, 0.5) is 0 Å². The first-order valence-electron chi connectivity index (χ1n) is 5.46. The lowest BCUT2D eigenvalue weighted by atomic mass is 10.1. The summed E-state index contributed by atoms with van der Waals surface area (Å²) < 4.78 is 1.86. The Hall–Kier alpha value is -1.55. The number of nitrogens with zero attached hydrogens (tertiary/aromatic N) is 2. The van der Waals surface area contributed by atoms with E-state index in [1.54, 1.807) is 18.0 Å². The zero-order chi connectivity index (χ0) is 12.3. The molecule has 17 heavy (non-hydrogen) atoms. The van der Waals surface area contributed by atoms with Gasteiger partial charge in [0, 0.05) is 29.4 Å². The van der Waals surface area contributed by atoms with Gasteiger partial charge in [0.05, 0.1) is 0 Å². The Balaban J connectivity index is 2.44. The number of hydrogen-bond donors (Lipinski definition) is 0. The highest BCUT2D eigenvalue weighted by molar-refractivity contribution is 7.98. The van der Waals surface area contributed by atoms with Crippen molar-refractivity contribution in [2.45, 2.75) is 18.4 Å². The molecule has 0 bridgehead atoms. The van der Waals surface area contributed by atoms with Gasteiger partial charge in [-0.05, 0) is 25.3 Å². The van der Waals surface area contributed by atoms with Crippen LogP contribution in [0.15, 0.2) is 41.6 Å². The number of carbonyl (C=O) groups excluding carboxylic acids is 1. The van der Waals surface area contributed by atoms with Crippen molar-refractivity contribution in [1.82, 2.24) is 9.55 Å². The van der Waals surface area contributed by atoms with Crippen molar-refractivity contribution < 1.29 is 4.79 Å². The Morgan fingerprint density at radius 3 is 2.88 bits per heavy atom. The van der Waals surface area contributed by atoms with Crippen molar-refractivity contribution in [1.29, 1.82) is 0 Å². The lowest BCUT2D eigenvalue weighted by Gasteiger charge is -2.07. The third-order valence-corrected chi connectivity index (χ3v) is 3.41. The number of aromatic nitrogens is 2. The summed E-state index contributed by atoms with van der Waals surface area (Å²) in [5.41, 5.74) is 0.723. The lowest BCUT2D eigenvalue weighted by Crippen LogP contribution is -2.11. The summed E-state index contributed by atoms with van der Waals surface area (Å²) in [5.74, 6) is 0.496. The number of aryl methyl sites for hydroxylation is 1. The Labute approximate surface area is 105 Å². The van der Waals surface area contributed by atoms with E-state index in [0.717, 1.165) is 17.0 Å². The van der Waals surface area contributed by atoms with Gasteiger partial charge in [-0.2, -0.15) is 0 Å². The molecule has 0 radical (unpaired) electrons. The zero-order valence-corrected chi connectivity index (χ0v) is 10.7. The molecule has 0 atom stereocenters. The molecule has 4 heteroatoms. The maximum absolute atomic E-state index is 12.4. The van der Waals surface area contributed by atoms with E-state index in [4.69, 9.17) is 0 Å². The second kappa shape index (κ2) is 5.19. The average molecular weight is 246 g/mol. The molecular formula is C13H14N2OS.